The second kappa shape index (κ2) is 11.1. The zero-order chi connectivity index (χ0) is 20.5. The molecule has 1 amide bonds. The van der Waals surface area contributed by atoms with Crippen LogP contribution in [0.25, 0.3) is 0 Å². The molecule has 2 heterocycles. The van der Waals surface area contributed by atoms with Gasteiger partial charge in [0.1, 0.15) is 0 Å². The van der Waals surface area contributed by atoms with Gasteiger partial charge in [-0.1, -0.05) is 30.3 Å². The number of nitrogens with zero attached hydrogens (tertiary/aromatic N) is 3. The molecule has 2 aromatic rings. The fraction of sp³-hybridized carbons (Fsp3) is 0.520. The number of benzene rings is 1. The minimum Gasteiger partial charge on any atom is -0.343 e. The molecule has 3 rings (SSSR count). The number of rotatable bonds is 9. The van der Waals surface area contributed by atoms with Gasteiger partial charge in [-0.25, -0.2) is 0 Å². The second-order valence-corrected chi connectivity index (χ2v) is 8.21. The van der Waals surface area contributed by atoms with E-state index in [0.29, 0.717) is 12.3 Å². The van der Waals surface area contributed by atoms with Gasteiger partial charge >= 0.3 is 0 Å². The van der Waals surface area contributed by atoms with E-state index < -0.39 is 0 Å². The normalized spacial score (nSPS) is 15.4. The summed E-state index contributed by atoms with van der Waals surface area (Å²) in [7, 11) is 0. The predicted octanol–water partition coefficient (Wildman–Crippen LogP) is 4.13. The highest BCUT2D eigenvalue weighted by Gasteiger charge is 2.23. The van der Waals surface area contributed by atoms with E-state index in [0.717, 1.165) is 51.3 Å². The summed E-state index contributed by atoms with van der Waals surface area (Å²) >= 11 is 0. The molecular formula is C25H35N3O. The summed E-state index contributed by atoms with van der Waals surface area (Å²) in [6.45, 7) is 9.43. The molecule has 1 aliphatic heterocycles. The Bertz CT molecular complexity index is 754. The van der Waals surface area contributed by atoms with Crippen molar-refractivity contribution < 1.29 is 4.79 Å². The van der Waals surface area contributed by atoms with Crippen molar-refractivity contribution in [3.63, 3.8) is 0 Å². The van der Waals surface area contributed by atoms with Gasteiger partial charge in [0, 0.05) is 37.9 Å². The standard InChI is InChI=1S/C25H35N3O/c1-3-28(25(29)12-11-24-10-6-7-16-26-24)20-22-13-17-27(18-14-22)19-15-23-9-5-4-8-21(23)2/h4-10,16,22H,3,11-15,17-20H2,1-2H3. The number of amides is 1. The lowest BCUT2D eigenvalue weighted by Gasteiger charge is -2.34. The summed E-state index contributed by atoms with van der Waals surface area (Å²) in [6, 6.07) is 14.6. The molecule has 0 spiro atoms. The number of aromatic nitrogens is 1. The van der Waals surface area contributed by atoms with E-state index >= 15 is 0 Å². The maximum absolute atomic E-state index is 12.7. The predicted molar refractivity (Wildman–Crippen MR) is 119 cm³/mol. The molecule has 4 nitrogen and oxygen atoms in total. The summed E-state index contributed by atoms with van der Waals surface area (Å²) in [4.78, 5) is 21.6. The monoisotopic (exact) mass is 393 g/mol. The maximum Gasteiger partial charge on any atom is 0.222 e. The SMILES string of the molecule is CCN(CC1CCN(CCc2ccccc2C)CC1)C(=O)CCc1ccccn1. The first kappa shape index (κ1) is 21.5. The minimum absolute atomic E-state index is 0.264. The van der Waals surface area contributed by atoms with Crippen molar-refractivity contribution in [2.24, 2.45) is 5.92 Å². The number of aryl methyl sites for hydroxylation is 2. The zero-order valence-electron chi connectivity index (χ0n) is 18.0. The van der Waals surface area contributed by atoms with E-state index in [9.17, 15) is 4.79 Å². The quantitative estimate of drug-likeness (QED) is 0.643. The van der Waals surface area contributed by atoms with Gasteiger partial charge in [0.15, 0.2) is 0 Å². The number of hydrogen-bond acceptors (Lipinski definition) is 3. The van der Waals surface area contributed by atoms with Crippen molar-refractivity contribution in [1.29, 1.82) is 0 Å². The average molecular weight is 394 g/mol. The number of pyridine rings is 1. The summed E-state index contributed by atoms with van der Waals surface area (Å²) in [5, 5.41) is 0. The first-order chi connectivity index (χ1) is 14.2. The van der Waals surface area contributed by atoms with Gasteiger partial charge in [0.2, 0.25) is 5.91 Å². The molecule has 0 saturated carbocycles. The molecule has 0 aliphatic carbocycles. The Kier molecular flexibility index (Phi) is 8.24. The van der Waals surface area contributed by atoms with E-state index in [2.05, 4.69) is 52.9 Å². The lowest BCUT2D eigenvalue weighted by atomic mass is 9.95. The van der Waals surface area contributed by atoms with Gasteiger partial charge in [0.05, 0.1) is 0 Å². The van der Waals surface area contributed by atoms with Crippen LogP contribution < -0.4 is 0 Å². The third-order valence-electron chi connectivity index (χ3n) is 6.20. The first-order valence-electron chi connectivity index (χ1n) is 11.1. The summed E-state index contributed by atoms with van der Waals surface area (Å²) in [5.41, 5.74) is 3.86. The molecule has 0 N–H and O–H groups in total. The van der Waals surface area contributed by atoms with Crippen molar-refractivity contribution in [3.05, 3.63) is 65.5 Å². The van der Waals surface area contributed by atoms with Crippen molar-refractivity contribution >= 4 is 5.91 Å². The van der Waals surface area contributed by atoms with Gasteiger partial charge in [-0.3, -0.25) is 9.78 Å². The smallest absolute Gasteiger partial charge is 0.222 e. The third kappa shape index (κ3) is 6.67. The lowest BCUT2D eigenvalue weighted by molar-refractivity contribution is -0.131. The van der Waals surface area contributed by atoms with Crippen molar-refractivity contribution in [3.8, 4) is 0 Å². The Hall–Kier alpha value is -2.20. The van der Waals surface area contributed by atoms with Crippen LogP contribution in [-0.2, 0) is 17.6 Å². The van der Waals surface area contributed by atoms with Gasteiger partial charge in [0.25, 0.3) is 0 Å². The molecule has 0 atom stereocenters. The van der Waals surface area contributed by atoms with E-state index in [1.54, 1.807) is 6.20 Å². The molecule has 1 aromatic heterocycles. The maximum atomic E-state index is 12.7. The van der Waals surface area contributed by atoms with Gasteiger partial charge in [-0.2, -0.15) is 0 Å². The Morgan fingerprint density at radius 1 is 1.10 bits per heavy atom. The molecule has 1 aliphatic rings. The van der Waals surface area contributed by atoms with E-state index in [1.165, 1.54) is 24.0 Å². The van der Waals surface area contributed by atoms with Crippen molar-refractivity contribution in [2.45, 2.75) is 46.0 Å². The van der Waals surface area contributed by atoms with Gasteiger partial charge < -0.3 is 9.80 Å². The Balaban J connectivity index is 1.39. The average Bonchev–Trinajstić information content (AvgIpc) is 2.77. The molecule has 156 valence electrons. The van der Waals surface area contributed by atoms with Crippen LogP contribution in [0.2, 0.25) is 0 Å². The Morgan fingerprint density at radius 2 is 1.86 bits per heavy atom. The highest BCUT2D eigenvalue weighted by Crippen LogP contribution is 2.20. The van der Waals surface area contributed by atoms with Crippen molar-refractivity contribution in [2.75, 3.05) is 32.7 Å². The number of hydrogen-bond donors (Lipinski definition) is 0. The molecule has 1 aromatic carbocycles. The molecule has 4 heteroatoms. The van der Waals surface area contributed by atoms with Crippen LogP contribution in [0.5, 0.6) is 0 Å². The van der Waals surface area contributed by atoms with E-state index in [1.807, 2.05) is 18.2 Å². The zero-order valence-corrected chi connectivity index (χ0v) is 18.0. The Labute approximate surface area is 175 Å². The van der Waals surface area contributed by atoms with E-state index in [4.69, 9.17) is 0 Å². The van der Waals surface area contributed by atoms with Crippen LogP contribution in [0, 0.1) is 12.8 Å². The Morgan fingerprint density at radius 3 is 2.55 bits per heavy atom. The van der Waals surface area contributed by atoms with Crippen LogP contribution in [-0.4, -0.2) is 53.4 Å². The van der Waals surface area contributed by atoms with Crippen LogP contribution in [0.3, 0.4) is 0 Å². The number of piperidine rings is 1. The van der Waals surface area contributed by atoms with Crippen LogP contribution in [0.1, 0.15) is 43.0 Å². The molecular weight excluding hydrogens is 358 g/mol. The minimum atomic E-state index is 0.264. The fourth-order valence-corrected chi connectivity index (χ4v) is 4.22. The highest BCUT2D eigenvalue weighted by molar-refractivity contribution is 5.76. The third-order valence-corrected chi connectivity index (χ3v) is 6.20. The molecule has 0 radical (unpaired) electrons. The topological polar surface area (TPSA) is 36.4 Å². The van der Waals surface area contributed by atoms with Gasteiger partial charge in [-0.05, 0) is 81.8 Å². The lowest BCUT2D eigenvalue weighted by Crippen LogP contribution is -2.41. The van der Waals surface area contributed by atoms with Crippen LogP contribution in [0.4, 0.5) is 0 Å². The van der Waals surface area contributed by atoms with Crippen LogP contribution in [0.15, 0.2) is 48.7 Å². The molecule has 1 fully saturated rings. The molecule has 1 saturated heterocycles. The summed E-state index contributed by atoms with van der Waals surface area (Å²) in [5.74, 6) is 0.892. The summed E-state index contributed by atoms with van der Waals surface area (Å²) < 4.78 is 0. The molecule has 29 heavy (non-hydrogen) atoms. The highest BCUT2D eigenvalue weighted by atomic mass is 16.2. The summed E-state index contributed by atoms with van der Waals surface area (Å²) in [6.07, 6.45) is 6.60. The van der Waals surface area contributed by atoms with Crippen molar-refractivity contribution in [1.82, 2.24) is 14.8 Å². The van der Waals surface area contributed by atoms with E-state index in [-0.39, 0.29) is 5.91 Å². The van der Waals surface area contributed by atoms with Crippen LogP contribution >= 0.6 is 0 Å². The largest absolute Gasteiger partial charge is 0.343 e. The number of likely N-dealkylation sites (tertiary alicyclic amines) is 1. The number of carbonyl (C=O) groups excluding carboxylic acids is 1. The molecule has 0 bridgehead atoms. The fourth-order valence-electron chi connectivity index (χ4n) is 4.22. The second-order valence-electron chi connectivity index (χ2n) is 8.21. The first-order valence-corrected chi connectivity index (χ1v) is 11.1. The number of carbonyl (C=O) groups is 1. The molecule has 0 unspecified atom stereocenters. The van der Waals surface area contributed by atoms with Gasteiger partial charge in [-0.15, -0.1) is 0 Å².